The Kier molecular flexibility index (Phi) is 3.10. The van der Waals surface area contributed by atoms with Gasteiger partial charge in [0, 0.05) is 0 Å². The first kappa shape index (κ1) is 11.7. The van der Waals surface area contributed by atoms with Gasteiger partial charge in [-0.2, -0.15) is 0 Å². The molecule has 0 amide bonds. The summed E-state index contributed by atoms with van der Waals surface area (Å²) in [5.41, 5.74) is 6.71. The van der Waals surface area contributed by atoms with Crippen molar-refractivity contribution in [2.24, 2.45) is 0 Å². The van der Waals surface area contributed by atoms with Crippen molar-refractivity contribution in [2.45, 2.75) is 65.2 Å². The molecule has 0 heteroatoms. The molecule has 0 N–H and O–H groups in total. The van der Waals surface area contributed by atoms with Gasteiger partial charge in [-0.3, -0.25) is 0 Å². The predicted molar refractivity (Wildman–Crippen MR) is 71.2 cm³/mol. The van der Waals surface area contributed by atoms with Gasteiger partial charge in [0.1, 0.15) is 0 Å². The second-order valence-electron chi connectivity index (χ2n) is 6.09. The van der Waals surface area contributed by atoms with Crippen molar-refractivity contribution in [3.8, 4) is 0 Å². The number of fused-ring (bicyclic) bond motifs is 1. The van der Waals surface area contributed by atoms with Crippen LogP contribution >= 0.6 is 0 Å². The average molecular weight is 216 g/mol. The minimum atomic E-state index is 0.298. The highest BCUT2D eigenvalue weighted by molar-refractivity contribution is 5.44. The van der Waals surface area contributed by atoms with E-state index in [9.17, 15) is 0 Å². The number of hydrogen-bond acceptors (Lipinski definition) is 0. The highest BCUT2D eigenvalue weighted by atomic mass is 14.3. The molecule has 0 aliphatic heterocycles. The summed E-state index contributed by atoms with van der Waals surface area (Å²) < 4.78 is 0. The SMILES string of the molecule is CCc1cc2c(c(C(C)(C)C)c1)CCCC2. The summed E-state index contributed by atoms with van der Waals surface area (Å²) in [5.74, 6) is 0. The number of aryl methyl sites for hydroxylation is 2. The molecule has 0 atom stereocenters. The number of benzene rings is 1. The van der Waals surface area contributed by atoms with E-state index < -0.39 is 0 Å². The fraction of sp³-hybridized carbons (Fsp3) is 0.625. The summed E-state index contributed by atoms with van der Waals surface area (Å²) in [7, 11) is 0. The summed E-state index contributed by atoms with van der Waals surface area (Å²) in [4.78, 5) is 0. The molecule has 0 saturated carbocycles. The van der Waals surface area contributed by atoms with E-state index >= 15 is 0 Å². The summed E-state index contributed by atoms with van der Waals surface area (Å²) in [5, 5.41) is 0. The van der Waals surface area contributed by atoms with E-state index in [0.29, 0.717) is 5.41 Å². The van der Waals surface area contributed by atoms with Crippen molar-refractivity contribution in [3.05, 3.63) is 34.4 Å². The molecule has 1 aliphatic carbocycles. The number of hydrogen-bond donors (Lipinski definition) is 0. The van der Waals surface area contributed by atoms with E-state index in [1.807, 2.05) is 0 Å². The first-order chi connectivity index (χ1) is 7.52. The van der Waals surface area contributed by atoms with E-state index in [1.165, 1.54) is 31.2 Å². The molecule has 0 saturated heterocycles. The maximum Gasteiger partial charge on any atom is -0.0129 e. The number of rotatable bonds is 1. The van der Waals surface area contributed by atoms with E-state index in [1.54, 1.807) is 16.7 Å². The van der Waals surface area contributed by atoms with Gasteiger partial charge in [-0.25, -0.2) is 0 Å². The van der Waals surface area contributed by atoms with Crippen molar-refractivity contribution in [2.75, 3.05) is 0 Å². The molecule has 1 aromatic rings. The molecule has 0 heterocycles. The van der Waals surface area contributed by atoms with Crippen molar-refractivity contribution in [1.82, 2.24) is 0 Å². The summed E-state index contributed by atoms with van der Waals surface area (Å²) >= 11 is 0. The highest BCUT2D eigenvalue weighted by Crippen LogP contribution is 2.33. The minimum Gasteiger partial charge on any atom is -0.0613 e. The second-order valence-corrected chi connectivity index (χ2v) is 6.09. The molecule has 0 spiro atoms. The van der Waals surface area contributed by atoms with Gasteiger partial charge >= 0.3 is 0 Å². The molecule has 0 radical (unpaired) electrons. The van der Waals surface area contributed by atoms with Crippen LogP contribution in [0.2, 0.25) is 0 Å². The smallest absolute Gasteiger partial charge is 0.0129 e. The third kappa shape index (κ3) is 2.16. The molecule has 0 nitrogen and oxygen atoms in total. The van der Waals surface area contributed by atoms with Crippen LogP contribution in [0.15, 0.2) is 12.1 Å². The topological polar surface area (TPSA) is 0 Å². The molecule has 2 rings (SSSR count). The Labute approximate surface area is 100 Å². The Hall–Kier alpha value is -0.780. The van der Waals surface area contributed by atoms with Gasteiger partial charge in [0.05, 0.1) is 0 Å². The van der Waals surface area contributed by atoms with Crippen molar-refractivity contribution in [1.29, 1.82) is 0 Å². The first-order valence-electron chi connectivity index (χ1n) is 6.67. The molecule has 0 bridgehead atoms. The molecular weight excluding hydrogens is 192 g/mol. The van der Waals surface area contributed by atoms with Gasteiger partial charge in [-0.05, 0) is 59.8 Å². The Bertz CT molecular complexity index is 380. The highest BCUT2D eigenvalue weighted by Gasteiger charge is 2.22. The minimum absolute atomic E-state index is 0.298. The van der Waals surface area contributed by atoms with Crippen molar-refractivity contribution < 1.29 is 0 Å². The van der Waals surface area contributed by atoms with E-state index in [-0.39, 0.29) is 0 Å². The molecular formula is C16H24. The lowest BCUT2D eigenvalue weighted by Crippen LogP contribution is -2.18. The van der Waals surface area contributed by atoms with Gasteiger partial charge in [0.15, 0.2) is 0 Å². The fourth-order valence-electron chi connectivity index (χ4n) is 2.81. The van der Waals surface area contributed by atoms with E-state index in [0.717, 1.165) is 6.42 Å². The van der Waals surface area contributed by atoms with Gasteiger partial charge in [-0.15, -0.1) is 0 Å². The van der Waals surface area contributed by atoms with Crippen LogP contribution in [0.1, 0.15) is 62.8 Å². The van der Waals surface area contributed by atoms with Crippen LogP contribution in [0.5, 0.6) is 0 Å². The van der Waals surface area contributed by atoms with Crippen molar-refractivity contribution >= 4 is 0 Å². The molecule has 1 aliphatic rings. The lowest BCUT2D eigenvalue weighted by atomic mass is 9.77. The predicted octanol–water partition coefficient (Wildman–Crippen LogP) is 4.43. The van der Waals surface area contributed by atoms with Crippen LogP contribution in [-0.4, -0.2) is 0 Å². The zero-order valence-electron chi connectivity index (χ0n) is 11.2. The molecule has 0 unspecified atom stereocenters. The van der Waals surface area contributed by atoms with Crippen LogP contribution in [0, 0.1) is 0 Å². The van der Waals surface area contributed by atoms with Gasteiger partial charge in [0.25, 0.3) is 0 Å². The normalized spacial score (nSPS) is 16.0. The summed E-state index contributed by atoms with van der Waals surface area (Å²) in [6.07, 6.45) is 6.51. The lowest BCUT2D eigenvalue weighted by molar-refractivity contribution is 0.567. The maximum atomic E-state index is 2.45. The second kappa shape index (κ2) is 4.24. The maximum absolute atomic E-state index is 2.45. The summed E-state index contributed by atoms with van der Waals surface area (Å²) in [6.45, 7) is 9.29. The van der Waals surface area contributed by atoms with Crippen LogP contribution in [0.4, 0.5) is 0 Å². The van der Waals surface area contributed by atoms with Gasteiger partial charge < -0.3 is 0 Å². The van der Waals surface area contributed by atoms with E-state index in [2.05, 4.69) is 39.8 Å². The molecule has 1 aromatic carbocycles. The fourth-order valence-corrected chi connectivity index (χ4v) is 2.81. The van der Waals surface area contributed by atoms with Crippen LogP contribution in [0.25, 0.3) is 0 Å². The van der Waals surface area contributed by atoms with Gasteiger partial charge in [0.2, 0.25) is 0 Å². The monoisotopic (exact) mass is 216 g/mol. The molecule has 88 valence electrons. The lowest BCUT2D eigenvalue weighted by Gasteiger charge is -2.28. The van der Waals surface area contributed by atoms with Crippen molar-refractivity contribution in [3.63, 3.8) is 0 Å². The standard InChI is InChI=1S/C16H24/c1-5-12-10-13-8-6-7-9-14(13)15(11-12)16(2,3)4/h10-11H,5-9H2,1-4H3. The summed E-state index contributed by atoms with van der Waals surface area (Å²) in [6, 6.07) is 4.90. The molecule has 0 fully saturated rings. The third-order valence-corrected chi connectivity index (χ3v) is 3.74. The van der Waals surface area contributed by atoms with E-state index in [4.69, 9.17) is 0 Å². The Morgan fingerprint density at radius 2 is 1.75 bits per heavy atom. The molecule has 16 heavy (non-hydrogen) atoms. The van der Waals surface area contributed by atoms with Crippen LogP contribution < -0.4 is 0 Å². The zero-order valence-corrected chi connectivity index (χ0v) is 11.2. The largest absolute Gasteiger partial charge is 0.0613 e. The first-order valence-corrected chi connectivity index (χ1v) is 6.67. The Balaban J connectivity index is 2.56. The quantitative estimate of drug-likeness (QED) is 0.651. The average Bonchev–Trinajstić information content (AvgIpc) is 2.26. The third-order valence-electron chi connectivity index (χ3n) is 3.74. The Morgan fingerprint density at radius 3 is 2.38 bits per heavy atom. The van der Waals surface area contributed by atoms with Crippen LogP contribution in [0.3, 0.4) is 0 Å². The zero-order chi connectivity index (χ0) is 11.8. The van der Waals surface area contributed by atoms with Crippen LogP contribution in [-0.2, 0) is 24.7 Å². The molecule has 0 aromatic heterocycles. The Morgan fingerprint density at radius 1 is 1.06 bits per heavy atom. The van der Waals surface area contributed by atoms with Gasteiger partial charge in [-0.1, -0.05) is 39.8 Å².